The van der Waals surface area contributed by atoms with Crippen LogP contribution in [0.1, 0.15) is 31.1 Å². The van der Waals surface area contributed by atoms with E-state index in [9.17, 15) is 10.0 Å². The number of nitrogens with zero attached hydrogens (tertiary/aromatic N) is 2. The zero-order valence-corrected chi connectivity index (χ0v) is 10.9. The quantitative estimate of drug-likeness (QED) is 0.781. The minimum absolute atomic E-state index is 0.00412. The van der Waals surface area contributed by atoms with Crippen LogP contribution >= 0.6 is 0 Å². The van der Waals surface area contributed by atoms with E-state index < -0.39 is 7.12 Å². The molecule has 5 nitrogen and oxygen atoms in total. The molecular weight excluding hydrogens is 243 g/mol. The maximum absolute atomic E-state index is 9.32. The Labute approximate surface area is 111 Å². The number of hydrogen-bond donors (Lipinski definition) is 2. The molecule has 2 aromatic rings. The van der Waals surface area contributed by atoms with E-state index in [2.05, 4.69) is 5.10 Å². The summed E-state index contributed by atoms with van der Waals surface area (Å²) < 4.78 is 7.65. The number of rotatable bonds is 2. The first-order chi connectivity index (χ1) is 9.18. The third-order valence-electron chi connectivity index (χ3n) is 3.80. The van der Waals surface area contributed by atoms with Gasteiger partial charge in [-0.1, -0.05) is 6.07 Å². The molecule has 2 N–H and O–H groups in total. The average molecular weight is 260 g/mol. The van der Waals surface area contributed by atoms with Crippen LogP contribution in [0.2, 0.25) is 0 Å². The van der Waals surface area contributed by atoms with E-state index in [-0.39, 0.29) is 6.23 Å². The van der Waals surface area contributed by atoms with Crippen LogP contribution in [0.3, 0.4) is 0 Å². The highest BCUT2D eigenvalue weighted by Crippen LogP contribution is 2.26. The lowest BCUT2D eigenvalue weighted by atomic mass is 9.76. The predicted molar refractivity (Wildman–Crippen MR) is 73.1 cm³/mol. The molecule has 0 unspecified atom stereocenters. The zero-order valence-electron chi connectivity index (χ0n) is 10.9. The van der Waals surface area contributed by atoms with E-state index in [4.69, 9.17) is 4.74 Å². The third kappa shape index (κ3) is 2.16. The van der Waals surface area contributed by atoms with E-state index in [0.29, 0.717) is 5.46 Å². The lowest BCUT2D eigenvalue weighted by Gasteiger charge is -2.23. The first-order valence-electron chi connectivity index (χ1n) is 6.63. The van der Waals surface area contributed by atoms with Gasteiger partial charge in [-0.2, -0.15) is 5.10 Å². The van der Waals surface area contributed by atoms with E-state index in [1.807, 2.05) is 17.7 Å². The van der Waals surface area contributed by atoms with Crippen LogP contribution in [0.4, 0.5) is 0 Å². The molecule has 0 radical (unpaired) electrons. The molecule has 1 atom stereocenters. The number of aromatic nitrogens is 2. The topological polar surface area (TPSA) is 67.5 Å². The van der Waals surface area contributed by atoms with Crippen LogP contribution in [0.15, 0.2) is 18.3 Å². The molecule has 3 rings (SSSR count). The number of ether oxygens (including phenoxy) is 1. The largest absolute Gasteiger partial charge is 0.488 e. The van der Waals surface area contributed by atoms with Crippen molar-refractivity contribution in [3.63, 3.8) is 0 Å². The molecule has 6 heteroatoms. The summed E-state index contributed by atoms with van der Waals surface area (Å²) in [6.45, 7) is 2.66. The molecule has 1 fully saturated rings. The SMILES string of the molecule is Cc1c(B(O)O)ccc2c1cnn2[C@@H]1CCCCO1. The second-order valence-electron chi connectivity index (χ2n) is 5.00. The molecule has 2 heterocycles. The molecule has 1 aliphatic heterocycles. The lowest BCUT2D eigenvalue weighted by Crippen LogP contribution is -2.32. The molecule has 0 bridgehead atoms. The van der Waals surface area contributed by atoms with Crippen LogP contribution in [0.25, 0.3) is 10.9 Å². The van der Waals surface area contributed by atoms with Gasteiger partial charge in [0.2, 0.25) is 0 Å². The Bertz CT molecular complexity index is 591. The van der Waals surface area contributed by atoms with Crippen molar-refractivity contribution in [2.45, 2.75) is 32.4 Å². The summed E-state index contributed by atoms with van der Waals surface area (Å²) >= 11 is 0. The molecular formula is C13H17BN2O3. The Balaban J connectivity index is 2.06. The van der Waals surface area contributed by atoms with E-state index in [1.165, 1.54) is 0 Å². The summed E-state index contributed by atoms with van der Waals surface area (Å²) in [7, 11) is -1.45. The molecule has 19 heavy (non-hydrogen) atoms. The van der Waals surface area contributed by atoms with Crippen molar-refractivity contribution in [2.75, 3.05) is 6.61 Å². The van der Waals surface area contributed by atoms with Gasteiger partial charge in [-0.3, -0.25) is 0 Å². The fraction of sp³-hybridized carbons (Fsp3) is 0.462. The van der Waals surface area contributed by atoms with Crippen LogP contribution < -0.4 is 5.46 Å². The standard InChI is InChI=1S/C13H17BN2O3/c1-9-10-8-15-16(13-4-2-3-7-19-13)12(10)6-5-11(9)14(17)18/h5-6,8,13,17-18H,2-4,7H2,1H3/t13-/m0/s1. The van der Waals surface area contributed by atoms with Gasteiger partial charge >= 0.3 is 7.12 Å². The van der Waals surface area contributed by atoms with Crippen LogP contribution in [-0.4, -0.2) is 33.6 Å². The van der Waals surface area contributed by atoms with Gasteiger partial charge in [0, 0.05) is 12.0 Å². The van der Waals surface area contributed by atoms with Crippen LogP contribution in [0, 0.1) is 6.92 Å². The summed E-state index contributed by atoms with van der Waals surface area (Å²) in [6, 6.07) is 3.62. The molecule has 0 spiro atoms. The summed E-state index contributed by atoms with van der Waals surface area (Å²) in [4.78, 5) is 0. The van der Waals surface area contributed by atoms with E-state index in [0.717, 1.165) is 42.3 Å². The van der Waals surface area contributed by atoms with Gasteiger partial charge in [0.25, 0.3) is 0 Å². The van der Waals surface area contributed by atoms with Gasteiger partial charge in [0.1, 0.15) is 0 Å². The molecule has 1 aliphatic rings. The molecule has 100 valence electrons. The third-order valence-corrected chi connectivity index (χ3v) is 3.80. The van der Waals surface area contributed by atoms with Gasteiger partial charge in [-0.05, 0) is 43.3 Å². The van der Waals surface area contributed by atoms with Crippen molar-refractivity contribution in [1.29, 1.82) is 0 Å². The number of aryl methyl sites for hydroxylation is 1. The summed E-state index contributed by atoms with van der Waals surface area (Å²) in [6.07, 6.45) is 5.00. The molecule has 1 aromatic heterocycles. The number of fused-ring (bicyclic) bond motifs is 1. The molecule has 0 amide bonds. The van der Waals surface area contributed by atoms with Crippen molar-refractivity contribution >= 4 is 23.5 Å². The highest BCUT2D eigenvalue weighted by molar-refractivity contribution is 6.59. The van der Waals surface area contributed by atoms with Crippen LogP contribution in [-0.2, 0) is 4.74 Å². The normalized spacial score (nSPS) is 19.8. The van der Waals surface area contributed by atoms with Crippen molar-refractivity contribution in [1.82, 2.24) is 9.78 Å². The van der Waals surface area contributed by atoms with Gasteiger partial charge in [0.05, 0.1) is 11.7 Å². The van der Waals surface area contributed by atoms with Gasteiger partial charge in [-0.15, -0.1) is 0 Å². The smallest absolute Gasteiger partial charge is 0.423 e. The van der Waals surface area contributed by atoms with Gasteiger partial charge in [-0.25, -0.2) is 4.68 Å². The monoisotopic (exact) mass is 260 g/mol. The van der Waals surface area contributed by atoms with Gasteiger partial charge < -0.3 is 14.8 Å². The van der Waals surface area contributed by atoms with Crippen LogP contribution in [0.5, 0.6) is 0 Å². The summed E-state index contributed by atoms with van der Waals surface area (Å²) in [5, 5.41) is 24.0. The first kappa shape index (κ1) is 12.7. The fourth-order valence-electron chi connectivity index (χ4n) is 2.70. The van der Waals surface area contributed by atoms with Crippen molar-refractivity contribution in [3.8, 4) is 0 Å². The zero-order chi connectivity index (χ0) is 13.4. The summed E-state index contributed by atoms with van der Waals surface area (Å²) in [5.74, 6) is 0. The molecule has 1 saturated heterocycles. The maximum Gasteiger partial charge on any atom is 0.488 e. The second kappa shape index (κ2) is 4.96. The van der Waals surface area contributed by atoms with E-state index in [1.54, 1.807) is 12.3 Å². The minimum atomic E-state index is -1.45. The molecule has 0 aliphatic carbocycles. The van der Waals surface area contributed by atoms with Gasteiger partial charge in [0.15, 0.2) is 6.23 Å². The Morgan fingerprint density at radius 2 is 2.21 bits per heavy atom. The van der Waals surface area contributed by atoms with Crippen molar-refractivity contribution in [3.05, 3.63) is 23.9 Å². The first-order valence-corrected chi connectivity index (χ1v) is 6.63. The fourth-order valence-corrected chi connectivity index (χ4v) is 2.70. The molecule has 1 aromatic carbocycles. The average Bonchev–Trinajstić information content (AvgIpc) is 2.84. The highest BCUT2D eigenvalue weighted by Gasteiger charge is 2.21. The molecule has 0 saturated carbocycles. The Hall–Kier alpha value is -1.37. The predicted octanol–water partition coefficient (Wildman–Crippen LogP) is 0.724. The van der Waals surface area contributed by atoms with E-state index >= 15 is 0 Å². The van der Waals surface area contributed by atoms with Crippen molar-refractivity contribution < 1.29 is 14.8 Å². The lowest BCUT2D eigenvalue weighted by molar-refractivity contribution is -0.0366. The Morgan fingerprint density at radius 3 is 2.89 bits per heavy atom. The maximum atomic E-state index is 9.32. The number of benzene rings is 1. The second-order valence-corrected chi connectivity index (χ2v) is 5.00. The Morgan fingerprint density at radius 1 is 1.37 bits per heavy atom. The Kier molecular flexibility index (Phi) is 3.30. The minimum Gasteiger partial charge on any atom is -0.423 e. The highest BCUT2D eigenvalue weighted by atomic mass is 16.5. The van der Waals surface area contributed by atoms with Crippen molar-refractivity contribution in [2.24, 2.45) is 0 Å². The number of hydrogen-bond acceptors (Lipinski definition) is 4. The summed E-state index contributed by atoms with van der Waals surface area (Å²) in [5.41, 5.74) is 2.36.